The maximum atomic E-state index is 5.43. The minimum absolute atomic E-state index is 0.830. The first-order chi connectivity index (χ1) is 8.42. The Morgan fingerprint density at radius 2 is 1.94 bits per heavy atom. The molecule has 3 rings (SSSR count). The third-order valence-electron chi connectivity index (χ3n) is 5.01. The Balaban J connectivity index is 1.33. The highest BCUT2D eigenvalue weighted by atomic mass is 16.5. The number of nitrogens with one attached hydrogen (secondary N) is 1. The van der Waals surface area contributed by atoms with E-state index in [1.807, 2.05) is 0 Å². The van der Waals surface area contributed by atoms with Crippen molar-refractivity contribution in [3.63, 3.8) is 0 Å². The van der Waals surface area contributed by atoms with Gasteiger partial charge in [-0.25, -0.2) is 0 Å². The molecular formula is C15H27NO. The van der Waals surface area contributed by atoms with E-state index in [9.17, 15) is 0 Å². The molecule has 0 bridgehead atoms. The van der Waals surface area contributed by atoms with Crippen LogP contribution in [-0.2, 0) is 4.74 Å². The average Bonchev–Trinajstić information content (AvgIpc) is 3.09. The van der Waals surface area contributed by atoms with Crippen molar-refractivity contribution < 1.29 is 4.74 Å². The lowest BCUT2D eigenvalue weighted by Gasteiger charge is -2.30. The number of ether oxygens (including phenoxy) is 1. The van der Waals surface area contributed by atoms with Crippen LogP contribution in [0.5, 0.6) is 0 Å². The third-order valence-corrected chi connectivity index (χ3v) is 5.01. The first kappa shape index (κ1) is 12.0. The Bertz CT molecular complexity index is 233. The smallest absolute Gasteiger partial charge is 0.0495 e. The summed E-state index contributed by atoms with van der Waals surface area (Å²) in [7, 11) is 0. The normalized spacial score (nSPS) is 38.5. The van der Waals surface area contributed by atoms with E-state index in [0.29, 0.717) is 0 Å². The monoisotopic (exact) mass is 237 g/mol. The van der Waals surface area contributed by atoms with Crippen LogP contribution in [0, 0.1) is 17.8 Å². The maximum absolute atomic E-state index is 5.43. The van der Waals surface area contributed by atoms with Crippen molar-refractivity contribution >= 4 is 0 Å². The number of hydrogen-bond acceptors (Lipinski definition) is 2. The highest BCUT2D eigenvalue weighted by Crippen LogP contribution is 2.43. The third kappa shape index (κ3) is 3.45. The molecule has 0 aromatic rings. The van der Waals surface area contributed by atoms with Gasteiger partial charge in [-0.3, -0.25) is 0 Å². The second-order valence-corrected chi connectivity index (χ2v) is 6.43. The molecule has 3 fully saturated rings. The summed E-state index contributed by atoms with van der Waals surface area (Å²) >= 11 is 0. The second-order valence-electron chi connectivity index (χ2n) is 6.43. The molecule has 3 unspecified atom stereocenters. The first-order valence-corrected chi connectivity index (χ1v) is 7.73. The number of hydrogen-bond donors (Lipinski definition) is 1. The molecule has 2 aliphatic carbocycles. The lowest BCUT2D eigenvalue weighted by molar-refractivity contribution is 0.183. The van der Waals surface area contributed by atoms with E-state index in [2.05, 4.69) is 5.32 Å². The summed E-state index contributed by atoms with van der Waals surface area (Å²) in [6.07, 6.45) is 11.5. The van der Waals surface area contributed by atoms with Gasteiger partial charge in [0, 0.05) is 19.3 Å². The van der Waals surface area contributed by atoms with Gasteiger partial charge in [0.25, 0.3) is 0 Å². The lowest BCUT2D eigenvalue weighted by atomic mass is 9.82. The average molecular weight is 237 g/mol. The molecule has 0 radical (unpaired) electrons. The molecule has 17 heavy (non-hydrogen) atoms. The predicted molar refractivity (Wildman–Crippen MR) is 70.0 cm³/mol. The SMILES string of the molecule is C1CC(NCCC2CCOC2)CC(C2CC2)C1. The van der Waals surface area contributed by atoms with Gasteiger partial charge in [-0.2, -0.15) is 0 Å². The molecule has 2 saturated carbocycles. The molecule has 0 aromatic heterocycles. The van der Waals surface area contributed by atoms with E-state index in [0.717, 1.165) is 37.0 Å². The van der Waals surface area contributed by atoms with Crippen LogP contribution in [0.15, 0.2) is 0 Å². The highest BCUT2D eigenvalue weighted by Gasteiger charge is 2.34. The van der Waals surface area contributed by atoms with Gasteiger partial charge >= 0.3 is 0 Å². The second kappa shape index (κ2) is 5.71. The first-order valence-electron chi connectivity index (χ1n) is 7.73. The summed E-state index contributed by atoms with van der Waals surface area (Å²) < 4.78 is 5.43. The van der Waals surface area contributed by atoms with Gasteiger partial charge in [-0.05, 0) is 62.8 Å². The minimum Gasteiger partial charge on any atom is -0.381 e. The van der Waals surface area contributed by atoms with Crippen molar-refractivity contribution in [1.82, 2.24) is 5.32 Å². The van der Waals surface area contributed by atoms with Gasteiger partial charge in [0.2, 0.25) is 0 Å². The molecule has 0 aromatic carbocycles. The summed E-state index contributed by atoms with van der Waals surface area (Å²) in [6.45, 7) is 3.23. The van der Waals surface area contributed by atoms with Crippen LogP contribution in [0.1, 0.15) is 51.4 Å². The standard InChI is InChI=1S/C15H27NO/c1-2-14(13-4-5-13)10-15(3-1)16-8-6-12-7-9-17-11-12/h12-16H,1-11H2. The molecule has 3 aliphatic rings. The van der Waals surface area contributed by atoms with Gasteiger partial charge in [-0.15, -0.1) is 0 Å². The van der Waals surface area contributed by atoms with Crippen molar-refractivity contribution in [2.24, 2.45) is 17.8 Å². The molecule has 1 saturated heterocycles. The van der Waals surface area contributed by atoms with Gasteiger partial charge < -0.3 is 10.1 Å². The van der Waals surface area contributed by atoms with Crippen molar-refractivity contribution in [1.29, 1.82) is 0 Å². The Kier molecular flexibility index (Phi) is 4.02. The lowest BCUT2D eigenvalue weighted by Crippen LogP contribution is -2.35. The predicted octanol–water partition coefficient (Wildman–Crippen LogP) is 2.97. The Labute approximate surface area is 105 Å². The molecule has 1 heterocycles. The van der Waals surface area contributed by atoms with Crippen LogP contribution >= 0.6 is 0 Å². The fourth-order valence-electron chi connectivity index (χ4n) is 3.71. The summed E-state index contributed by atoms with van der Waals surface area (Å²) in [6, 6.07) is 0.830. The Morgan fingerprint density at radius 3 is 2.71 bits per heavy atom. The van der Waals surface area contributed by atoms with Crippen LogP contribution in [0.4, 0.5) is 0 Å². The van der Waals surface area contributed by atoms with E-state index in [1.54, 1.807) is 0 Å². The summed E-state index contributed by atoms with van der Waals surface area (Å²) in [5, 5.41) is 3.81. The summed E-state index contributed by atoms with van der Waals surface area (Å²) in [4.78, 5) is 0. The van der Waals surface area contributed by atoms with Crippen molar-refractivity contribution in [3.05, 3.63) is 0 Å². The van der Waals surface area contributed by atoms with Crippen molar-refractivity contribution in [2.75, 3.05) is 19.8 Å². The van der Waals surface area contributed by atoms with Crippen molar-refractivity contribution in [3.8, 4) is 0 Å². The molecule has 2 heteroatoms. The minimum atomic E-state index is 0.830. The van der Waals surface area contributed by atoms with Crippen LogP contribution in [0.2, 0.25) is 0 Å². The van der Waals surface area contributed by atoms with Crippen LogP contribution in [-0.4, -0.2) is 25.8 Å². The molecule has 3 atom stereocenters. The fourth-order valence-corrected chi connectivity index (χ4v) is 3.71. The van der Waals surface area contributed by atoms with E-state index in [-0.39, 0.29) is 0 Å². The quantitative estimate of drug-likeness (QED) is 0.793. The largest absolute Gasteiger partial charge is 0.381 e. The van der Waals surface area contributed by atoms with E-state index < -0.39 is 0 Å². The molecule has 0 spiro atoms. The maximum Gasteiger partial charge on any atom is 0.0495 e. The molecule has 1 N–H and O–H groups in total. The zero-order chi connectivity index (χ0) is 11.5. The molecule has 0 amide bonds. The molecule has 2 nitrogen and oxygen atoms in total. The van der Waals surface area contributed by atoms with Gasteiger partial charge in [0.15, 0.2) is 0 Å². The van der Waals surface area contributed by atoms with E-state index in [4.69, 9.17) is 4.74 Å². The van der Waals surface area contributed by atoms with Crippen molar-refractivity contribution in [2.45, 2.75) is 57.4 Å². The Hall–Kier alpha value is -0.0800. The molecular weight excluding hydrogens is 210 g/mol. The fraction of sp³-hybridized carbons (Fsp3) is 1.00. The van der Waals surface area contributed by atoms with Crippen LogP contribution in [0.3, 0.4) is 0 Å². The number of rotatable bonds is 5. The van der Waals surface area contributed by atoms with Gasteiger partial charge in [0.1, 0.15) is 0 Å². The van der Waals surface area contributed by atoms with Crippen LogP contribution in [0.25, 0.3) is 0 Å². The topological polar surface area (TPSA) is 21.3 Å². The molecule has 1 aliphatic heterocycles. The summed E-state index contributed by atoms with van der Waals surface area (Å²) in [5.74, 6) is 3.02. The Morgan fingerprint density at radius 1 is 1.00 bits per heavy atom. The van der Waals surface area contributed by atoms with Gasteiger partial charge in [0.05, 0.1) is 0 Å². The van der Waals surface area contributed by atoms with E-state index >= 15 is 0 Å². The summed E-state index contributed by atoms with van der Waals surface area (Å²) in [5.41, 5.74) is 0. The zero-order valence-corrected chi connectivity index (χ0v) is 11.0. The molecule has 98 valence electrons. The highest BCUT2D eigenvalue weighted by molar-refractivity contribution is 4.87. The van der Waals surface area contributed by atoms with Crippen LogP contribution < -0.4 is 5.32 Å². The zero-order valence-electron chi connectivity index (χ0n) is 11.0. The van der Waals surface area contributed by atoms with E-state index in [1.165, 1.54) is 57.9 Å². The van der Waals surface area contributed by atoms with Gasteiger partial charge in [-0.1, -0.05) is 12.8 Å².